The summed E-state index contributed by atoms with van der Waals surface area (Å²) in [7, 11) is -5.10. The predicted molar refractivity (Wildman–Crippen MR) is 124 cm³/mol. The molecule has 2 heterocycles. The van der Waals surface area contributed by atoms with Crippen molar-refractivity contribution < 1.29 is 8.42 Å². The van der Waals surface area contributed by atoms with Crippen LogP contribution in [0.25, 0.3) is 0 Å². The van der Waals surface area contributed by atoms with Gasteiger partial charge in [-0.3, -0.25) is 9.97 Å². The molecule has 0 amide bonds. The van der Waals surface area contributed by atoms with Crippen molar-refractivity contribution in [1.82, 2.24) is 9.97 Å². The summed E-state index contributed by atoms with van der Waals surface area (Å²) in [5, 5.41) is 16.7. The summed E-state index contributed by atoms with van der Waals surface area (Å²) in [4.78, 5) is 8.29. The van der Waals surface area contributed by atoms with E-state index in [1.807, 2.05) is 52.0 Å². The van der Waals surface area contributed by atoms with Crippen molar-refractivity contribution in [3.8, 4) is 12.4 Å². The largest absolute Gasteiger partial charge is 0.261 e. The zero-order valence-electron chi connectivity index (χ0n) is 18.9. The Morgan fingerprint density at radius 1 is 0.935 bits per heavy atom. The molecule has 0 fully saturated rings. The molecule has 0 N–H and O–H groups in total. The van der Waals surface area contributed by atoms with Gasteiger partial charge in [-0.2, -0.15) is 10.5 Å². The SMILES string of the molecule is Cc1ccc(C(C)(C)S(C)(=O)=NC#N)cn1.Cc1ccc([C@@H](C)S(C)(=O)=NC#N)cn1. The van der Waals surface area contributed by atoms with Crippen LogP contribution in [-0.4, -0.2) is 30.9 Å². The van der Waals surface area contributed by atoms with Crippen LogP contribution in [-0.2, 0) is 24.2 Å². The molecule has 3 atom stereocenters. The molecule has 0 aliphatic carbocycles. The number of hydrogen-bond acceptors (Lipinski definition) is 8. The Morgan fingerprint density at radius 3 is 1.87 bits per heavy atom. The fourth-order valence-electron chi connectivity index (χ4n) is 2.37. The predicted octanol–water partition coefficient (Wildman–Crippen LogP) is 4.23. The molecule has 10 heteroatoms. The minimum absolute atomic E-state index is 0.287. The normalized spacial score (nSPS) is 15.5. The lowest BCUT2D eigenvalue weighted by molar-refractivity contribution is 0.638. The third-order valence-corrected chi connectivity index (χ3v) is 9.64. The number of nitrogens with zero attached hydrogens (tertiary/aromatic N) is 6. The maximum atomic E-state index is 12.3. The quantitative estimate of drug-likeness (QED) is 0.627. The first-order valence-corrected chi connectivity index (χ1v) is 13.2. The maximum absolute atomic E-state index is 12.3. The minimum atomic E-state index is -2.60. The van der Waals surface area contributed by atoms with E-state index in [1.54, 1.807) is 31.7 Å². The van der Waals surface area contributed by atoms with Crippen molar-refractivity contribution >= 4 is 19.5 Å². The lowest BCUT2D eigenvalue weighted by atomic mass is 10.0. The standard InChI is InChI=1S/C11H15N3OS.C10H13N3OS/c1-9-5-6-10(7-13-9)11(2,3)16(4,15)14-8-12;1-8-4-5-10(6-12-8)9(2)15(3,14)13-7-11/h5-7H,1-4H3;4-6,9H,1-3H3/t;9-,15?/m.1/s1. The van der Waals surface area contributed by atoms with Gasteiger partial charge >= 0.3 is 0 Å². The molecule has 0 aliphatic rings. The molecule has 2 rings (SSSR count). The summed E-state index contributed by atoms with van der Waals surface area (Å²) in [6.45, 7) is 9.18. The van der Waals surface area contributed by atoms with E-state index in [-0.39, 0.29) is 5.25 Å². The van der Waals surface area contributed by atoms with E-state index in [0.29, 0.717) is 0 Å². The molecular formula is C21H28N6O2S2. The summed E-state index contributed by atoms with van der Waals surface area (Å²) in [6, 6.07) is 7.45. The van der Waals surface area contributed by atoms with Crippen molar-refractivity contribution in [3.63, 3.8) is 0 Å². The Balaban J connectivity index is 0.000000311. The van der Waals surface area contributed by atoms with Crippen LogP contribution in [0.1, 0.15) is 48.5 Å². The van der Waals surface area contributed by atoms with Gasteiger partial charge < -0.3 is 0 Å². The summed E-state index contributed by atoms with van der Waals surface area (Å²) < 4.78 is 30.5. The van der Waals surface area contributed by atoms with Crippen LogP contribution in [0.15, 0.2) is 45.4 Å². The lowest BCUT2D eigenvalue weighted by Gasteiger charge is -2.25. The van der Waals surface area contributed by atoms with Crippen LogP contribution in [0, 0.1) is 36.8 Å². The highest BCUT2D eigenvalue weighted by Gasteiger charge is 2.31. The zero-order chi connectivity index (χ0) is 23.9. The molecule has 2 unspecified atom stereocenters. The average molecular weight is 461 g/mol. The Hall–Kier alpha value is -2.82. The number of hydrogen-bond donors (Lipinski definition) is 0. The Kier molecular flexibility index (Phi) is 8.85. The number of rotatable bonds is 4. The lowest BCUT2D eigenvalue weighted by Crippen LogP contribution is -2.28. The van der Waals surface area contributed by atoms with Gasteiger partial charge in [-0.15, -0.1) is 8.73 Å². The maximum Gasteiger partial charge on any atom is 0.214 e. The van der Waals surface area contributed by atoms with E-state index in [1.165, 1.54) is 12.5 Å². The van der Waals surface area contributed by atoms with Gasteiger partial charge in [-0.25, -0.2) is 8.42 Å². The summed E-state index contributed by atoms with van der Waals surface area (Å²) >= 11 is 0. The van der Waals surface area contributed by atoms with Gasteiger partial charge in [0, 0.05) is 36.3 Å². The molecular weight excluding hydrogens is 432 g/mol. The van der Waals surface area contributed by atoms with Crippen molar-refractivity contribution in [2.24, 2.45) is 8.73 Å². The first-order chi connectivity index (χ1) is 14.3. The summed E-state index contributed by atoms with van der Waals surface area (Å²) in [5.41, 5.74) is 3.47. The number of aryl methyl sites for hydroxylation is 2. The molecule has 0 radical (unpaired) electrons. The highest BCUT2D eigenvalue weighted by molar-refractivity contribution is 7.94. The van der Waals surface area contributed by atoms with Gasteiger partial charge in [0.25, 0.3) is 0 Å². The molecule has 8 nitrogen and oxygen atoms in total. The number of pyridine rings is 2. The van der Waals surface area contributed by atoms with Gasteiger partial charge in [0.1, 0.15) is 0 Å². The van der Waals surface area contributed by atoms with Crippen molar-refractivity contribution in [3.05, 3.63) is 59.2 Å². The van der Waals surface area contributed by atoms with Crippen molar-refractivity contribution in [1.29, 1.82) is 10.5 Å². The average Bonchev–Trinajstić information content (AvgIpc) is 2.68. The Bertz CT molecular complexity index is 1220. The van der Waals surface area contributed by atoms with Gasteiger partial charge in [-0.05, 0) is 57.9 Å². The first kappa shape index (κ1) is 26.2. The number of aromatic nitrogens is 2. The summed E-state index contributed by atoms with van der Waals surface area (Å²) in [6.07, 6.45) is 9.57. The molecule has 0 bridgehead atoms. The second-order valence-electron chi connectivity index (χ2n) is 7.62. The van der Waals surface area contributed by atoms with Gasteiger partial charge in [0.2, 0.25) is 12.4 Å². The molecule has 31 heavy (non-hydrogen) atoms. The van der Waals surface area contributed by atoms with Gasteiger partial charge in [-0.1, -0.05) is 12.1 Å². The summed E-state index contributed by atoms with van der Waals surface area (Å²) in [5.74, 6) is 0. The molecule has 2 aromatic heterocycles. The van der Waals surface area contributed by atoms with E-state index in [0.717, 1.165) is 22.5 Å². The molecule has 0 saturated carbocycles. The highest BCUT2D eigenvalue weighted by Crippen LogP contribution is 2.30. The molecule has 0 spiro atoms. The van der Waals surface area contributed by atoms with E-state index in [9.17, 15) is 8.42 Å². The molecule has 0 aliphatic heterocycles. The Labute approximate surface area is 185 Å². The van der Waals surface area contributed by atoms with Crippen LogP contribution in [0.3, 0.4) is 0 Å². The molecule has 2 aromatic rings. The third-order valence-electron chi connectivity index (χ3n) is 5.05. The van der Waals surface area contributed by atoms with Gasteiger partial charge in [0.05, 0.1) is 29.5 Å². The topological polar surface area (TPSA) is 132 Å². The van der Waals surface area contributed by atoms with Crippen LogP contribution in [0.2, 0.25) is 0 Å². The third kappa shape index (κ3) is 6.84. The van der Waals surface area contributed by atoms with E-state index in [2.05, 4.69) is 18.7 Å². The first-order valence-electron chi connectivity index (χ1n) is 9.33. The smallest absolute Gasteiger partial charge is 0.214 e. The molecule has 0 aromatic carbocycles. The number of nitriles is 2. The van der Waals surface area contributed by atoms with Crippen LogP contribution < -0.4 is 0 Å². The van der Waals surface area contributed by atoms with Crippen LogP contribution in [0.5, 0.6) is 0 Å². The monoisotopic (exact) mass is 460 g/mol. The second kappa shape index (κ2) is 10.5. The van der Waals surface area contributed by atoms with Crippen molar-refractivity contribution in [2.45, 2.75) is 44.6 Å². The fraction of sp³-hybridized carbons (Fsp3) is 0.429. The Morgan fingerprint density at radius 2 is 1.45 bits per heavy atom. The van der Waals surface area contributed by atoms with Crippen LogP contribution in [0.4, 0.5) is 0 Å². The second-order valence-corrected chi connectivity index (χ2v) is 13.0. The zero-order valence-corrected chi connectivity index (χ0v) is 20.5. The van der Waals surface area contributed by atoms with Crippen molar-refractivity contribution in [2.75, 3.05) is 12.5 Å². The van der Waals surface area contributed by atoms with Gasteiger partial charge in [0.15, 0.2) is 0 Å². The van der Waals surface area contributed by atoms with E-state index >= 15 is 0 Å². The highest BCUT2D eigenvalue weighted by atomic mass is 32.2. The minimum Gasteiger partial charge on any atom is -0.261 e. The van der Waals surface area contributed by atoms with E-state index in [4.69, 9.17) is 10.5 Å². The molecule has 0 saturated heterocycles. The fourth-order valence-corrected chi connectivity index (χ4v) is 4.27. The van der Waals surface area contributed by atoms with E-state index < -0.39 is 24.2 Å². The molecule has 166 valence electrons. The van der Waals surface area contributed by atoms with Crippen LogP contribution >= 0.6 is 0 Å².